The Hall–Kier alpha value is -4.92. The summed E-state index contributed by atoms with van der Waals surface area (Å²) in [5.74, 6) is -0.157. The molecule has 1 aliphatic rings. The fraction of sp³-hybridized carbons (Fsp3) is 0.308. The molecule has 0 spiro atoms. The summed E-state index contributed by atoms with van der Waals surface area (Å²) in [5.41, 5.74) is 9.56. The Kier molecular flexibility index (Phi) is 8.10. The van der Waals surface area contributed by atoms with E-state index in [9.17, 15) is 23.1 Å². The smallest absolute Gasteiger partial charge is 0.416 e. The third kappa shape index (κ3) is 5.76. The summed E-state index contributed by atoms with van der Waals surface area (Å²) in [4.78, 5) is 27.7. The van der Waals surface area contributed by atoms with E-state index in [1.165, 1.54) is 30.3 Å². The molecule has 0 aliphatic carbocycles. The van der Waals surface area contributed by atoms with E-state index in [4.69, 9.17) is 15.0 Å². The van der Waals surface area contributed by atoms with Gasteiger partial charge in [0.15, 0.2) is 23.2 Å². The lowest BCUT2D eigenvalue weighted by Gasteiger charge is -2.17. The van der Waals surface area contributed by atoms with Crippen LogP contribution in [0.15, 0.2) is 66.3 Å². The van der Waals surface area contributed by atoms with Crippen LogP contribution >= 0.6 is 0 Å². The zero-order valence-electron chi connectivity index (χ0n) is 21.9. The number of likely N-dealkylation sites (N-methyl/N-ethyl adjacent to an activating group) is 1. The Labute approximate surface area is 235 Å². The average molecular weight is 584 g/mol. The van der Waals surface area contributed by atoms with Crippen LogP contribution in [-0.4, -0.2) is 55.8 Å². The van der Waals surface area contributed by atoms with Crippen LogP contribution in [0.3, 0.4) is 0 Å². The van der Waals surface area contributed by atoms with E-state index in [0.717, 1.165) is 17.7 Å². The summed E-state index contributed by atoms with van der Waals surface area (Å²) >= 11 is 0. The first kappa shape index (κ1) is 28.6. The van der Waals surface area contributed by atoms with Gasteiger partial charge in [-0.1, -0.05) is 35.4 Å². The highest BCUT2D eigenvalue weighted by Crippen LogP contribution is 2.35. The number of aromatic nitrogens is 4. The Balaban J connectivity index is 1.41. The molecule has 4 aromatic rings. The van der Waals surface area contributed by atoms with Crippen LogP contribution in [0.4, 0.5) is 19.0 Å². The van der Waals surface area contributed by atoms with E-state index in [0.29, 0.717) is 0 Å². The number of halogens is 3. The minimum atomic E-state index is -4.56. The van der Waals surface area contributed by atoms with Crippen LogP contribution in [0.2, 0.25) is 0 Å². The van der Waals surface area contributed by atoms with Gasteiger partial charge < -0.3 is 25.2 Å². The number of fused-ring (bicyclic) bond motifs is 1. The Morgan fingerprint density at radius 1 is 1.21 bits per heavy atom. The van der Waals surface area contributed by atoms with E-state index in [1.54, 1.807) is 0 Å². The normalized spacial score (nSPS) is 20.2. The fourth-order valence-electron chi connectivity index (χ4n) is 4.55. The number of amides is 1. The van der Waals surface area contributed by atoms with Crippen LogP contribution in [0, 0.1) is 0 Å². The van der Waals surface area contributed by atoms with Crippen molar-refractivity contribution in [2.45, 2.75) is 43.8 Å². The molecule has 1 saturated heterocycles. The fourth-order valence-corrected chi connectivity index (χ4v) is 4.55. The molecule has 16 heteroatoms. The average Bonchev–Trinajstić information content (AvgIpc) is 3.56. The number of carbonyl (C=O) groups excluding carboxylic acids is 1. The molecule has 1 amide bonds. The topological polar surface area (TPSA) is 172 Å². The van der Waals surface area contributed by atoms with E-state index >= 15 is 0 Å². The maximum absolute atomic E-state index is 13.5. The van der Waals surface area contributed by atoms with E-state index in [1.807, 2.05) is 30.3 Å². The molecule has 13 nitrogen and oxygen atoms in total. The number of nitrogens with one attached hydrogen (secondary N) is 2. The number of rotatable bonds is 9. The van der Waals surface area contributed by atoms with Crippen LogP contribution in [0.1, 0.15) is 22.9 Å². The predicted molar refractivity (Wildman–Crippen MR) is 142 cm³/mol. The molecule has 218 valence electrons. The highest BCUT2D eigenvalue weighted by molar-refractivity contribution is 5.83. The van der Waals surface area contributed by atoms with Crippen molar-refractivity contribution < 1.29 is 32.5 Å². The van der Waals surface area contributed by atoms with Crippen molar-refractivity contribution in [1.29, 1.82) is 0 Å². The summed E-state index contributed by atoms with van der Waals surface area (Å²) in [5, 5.41) is 19.7. The van der Waals surface area contributed by atoms with Gasteiger partial charge in [-0.05, 0) is 29.3 Å². The van der Waals surface area contributed by atoms with Gasteiger partial charge in [0.2, 0.25) is 5.91 Å². The molecule has 2 aromatic heterocycles. The van der Waals surface area contributed by atoms with Crippen molar-refractivity contribution >= 4 is 22.9 Å². The maximum Gasteiger partial charge on any atom is 0.416 e. The molecule has 4 atom stereocenters. The molecule has 3 heterocycles. The van der Waals surface area contributed by atoms with Gasteiger partial charge in [0.1, 0.15) is 36.9 Å². The Morgan fingerprint density at radius 3 is 2.71 bits per heavy atom. The SMILES string of the molecule is CNC(=O)[C@H]1O[C@@H](n2cnc3c(NCc4cc(C(F)(F)F)ccc4OCc4ccccc4)ncnc32)[C@H](O)C1N=[N+]=[N-]. The lowest BCUT2D eigenvalue weighted by atomic mass is 10.1. The first-order valence-electron chi connectivity index (χ1n) is 12.6. The van der Waals surface area contributed by atoms with Gasteiger partial charge in [-0.2, -0.15) is 13.2 Å². The van der Waals surface area contributed by atoms with Crippen LogP contribution in [-0.2, 0) is 28.9 Å². The number of nitrogens with zero attached hydrogens (tertiary/aromatic N) is 7. The molecule has 0 bridgehead atoms. The summed E-state index contributed by atoms with van der Waals surface area (Å²) in [6.45, 7) is 0.0479. The van der Waals surface area contributed by atoms with Gasteiger partial charge in [0.05, 0.1) is 11.9 Å². The van der Waals surface area contributed by atoms with Gasteiger partial charge in [0, 0.05) is 24.1 Å². The first-order valence-corrected chi connectivity index (χ1v) is 12.6. The third-order valence-electron chi connectivity index (χ3n) is 6.63. The number of imidazole rings is 1. The second-order valence-corrected chi connectivity index (χ2v) is 9.24. The standard InChI is InChI=1S/C26H24F3N9O4/c1-31-24(40)21-18(36-37-30)20(39)25(42-21)38-13-35-19-22(33-12-34-23(19)38)32-10-15-9-16(26(27,28)29)7-8-17(15)41-11-14-5-3-2-4-6-14/h2-9,12-13,18,20-21,25,39H,10-11H2,1H3,(H,31,40)(H,32,33,34)/t18?,20-,21+,25-/m1/s1. The van der Waals surface area contributed by atoms with Crippen LogP contribution in [0.5, 0.6) is 5.75 Å². The van der Waals surface area contributed by atoms with Crippen LogP contribution in [0.25, 0.3) is 21.6 Å². The number of carbonyl (C=O) groups is 1. The maximum atomic E-state index is 13.5. The van der Waals surface area contributed by atoms with Crippen molar-refractivity contribution in [2.24, 2.45) is 5.11 Å². The number of hydrogen-bond donors (Lipinski definition) is 3. The molecule has 1 aliphatic heterocycles. The van der Waals surface area contributed by atoms with E-state index in [-0.39, 0.29) is 41.4 Å². The van der Waals surface area contributed by atoms with Crippen molar-refractivity contribution in [2.75, 3.05) is 12.4 Å². The molecule has 42 heavy (non-hydrogen) atoms. The highest BCUT2D eigenvalue weighted by Gasteiger charge is 2.48. The summed E-state index contributed by atoms with van der Waals surface area (Å²) in [6, 6.07) is 11.2. The number of aliphatic hydroxyl groups is 1. The molecule has 3 N–H and O–H groups in total. The quantitative estimate of drug-likeness (QED) is 0.152. The number of benzene rings is 2. The first-order chi connectivity index (χ1) is 20.2. The van der Waals surface area contributed by atoms with E-state index < -0.39 is 42.1 Å². The number of alkyl halides is 3. The zero-order chi connectivity index (χ0) is 29.9. The summed E-state index contributed by atoms with van der Waals surface area (Å²) < 4.78 is 53.4. The predicted octanol–water partition coefficient (Wildman–Crippen LogP) is 3.72. The second-order valence-electron chi connectivity index (χ2n) is 9.24. The number of ether oxygens (including phenoxy) is 2. The lowest BCUT2D eigenvalue weighted by Crippen LogP contribution is -2.40. The third-order valence-corrected chi connectivity index (χ3v) is 6.63. The van der Waals surface area contributed by atoms with Crippen molar-refractivity contribution in [3.63, 3.8) is 0 Å². The molecule has 1 unspecified atom stereocenters. The largest absolute Gasteiger partial charge is 0.489 e. The minimum absolute atomic E-state index is 0.104. The Morgan fingerprint density at radius 2 is 2.00 bits per heavy atom. The number of aliphatic hydroxyl groups excluding tert-OH is 1. The van der Waals surface area contributed by atoms with Crippen molar-refractivity contribution in [3.05, 3.63) is 88.3 Å². The van der Waals surface area contributed by atoms with Gasteiger partial charge in [-0.25, -0.2) is 15.0 Å². The molecular formula is C26H24F3N9O4. The van der Waals surface area contributed by atoms with Crippen molar-refractivity contribution in [1.82, 2.24) is 24.8 Å². The number of azide groups is 1. The van der Waals surface area contributed by atoms with Gasteiger partial charge in [-0.3, -0.25) is 9.36 Å². The molecule has 5 rings (SSSR count). The molecule has 1 fully saturated rings. The summed E-state index contributed by atoms with van der Waals surface area (Å²) in [7, 11) is 1.37. The zero-order valence-corrected chi connectivity index (χ0v) is 21.9. The Bertz CT molecular complexity index is 1630. The number of hydrogen-bond acceptors (Lipinski definition) is 9. The van der Waals surface area contributed by atoms with Gasteiger partial charge in [0.25, 0.3) is 0 Å². The van der Waals surface area contributed by atoms with Gasteiger partial charge >= 0.3 is 6.18 Å². The van der Waals surface area contributed by atoms with Crippen molar-refractivity contribution in [3.8, 4) is 5.75 Å². The number of anilines is 1. The second kappa shape index (κ2) is 11.9. The minimum Gasteiger partial charge on any atom is -0.489 e. The van der Waals surface area contributed by atoms with E-state index in [2.05, 4.69) is 35.6 Å². The van der Waals surface area contributed by atoms with Gasteiger partial charge in [-0.15, -0.1) is 0 Å². The van der Waals surface area contributed by atoms with Crippen LogP contribution < -0.4 is 15.4 Å². The summed E-state index contributed by atoms with van der Waals surface area (Å²) in [6.07, 6.45) is -5.92. The lowest BCUT2D eigenvalue weighted by molar-refractivity contribution is -0.137. The molecule has 0 radical (unpaired) electrons. The monoisotopic (exact) mass is 583 g/mol. The molecular weight excluding hydrogens is 559 g/mol. The highest BCUT2D eigenvalue weighted by atomic mass is 19.4. The molecule has 2 aromatic carbocycles. The molecule has 0 saturated carbocycles.